The van der Waals surface area contributed by atoms with Gasteiger partial charge in [0.25, 0.3) is 11.5 Å². The quantitative estimate of drug-likeness (QED) is 0.891. The monoisotopic (exact) mass is 343 g/mol. The highest BCUT2D eigenvalue weighted by Gasteiger charge is 2.29. The number of nitrogens with one attached hydrogen (secondary N) is 1. The molecular formula is C18H21N3O4. The predicted octanol–water partition coefficient (Wildman–Crippen LogP) is 0.727. The lowest BCUT2D eigenvalue weighted by Gasteiger charge is -2.16. The number of nitrogens with zero attached hydrogens (tertiary/aromatic N) is 2. The van der Waals surface area contributed by atoms with Crippen LogP contribution in [-0.4, -0.2) is 20.6 Å². The molecule has 0 saturated carbocycles. The summed E-state index contributed by atoms with van der Waals surface area (Å²) in [5.41, 5.74) is 0.824. The molecule has 25 heavy (non-hydrogen) atoms. The molecule has 0 fully saturated rings. The van der Waals surface area contributed by atoms with Crippen LogP contribution in [0.4, 0.5) is 0 Å². The van der Waals surface area contributed by atoms with Crippen LogP contribution < -0.4 is 21.3 Å². The maximum Gasteiger partial charge on any atom is 0.331 e. The van der Waals surface area contributed by atoms with Gasteiger partial charge < -0.3 is 10.1 Å². The van der Waals surface area contributed by atoms with E-state index in [0.717, 1.165) is 38.5 Å². The van der Waals surface area contributed by atoms with Gasteiger partial charge in [0, 0.05) is 33.1 Å². The van der Waals surface area contributed by atoms with Crippen molar-refractivity contribution in [1.29, 1.82) is 0 Å². The van der Waals surface area contributed by atoms with E-state index in [1.807, 2.05) is 32.0 Å². The number of benzene rings is 1. The molecule has 2 heterocycles. The first-order valence-corrected chi connectivity index (χ1v) is 8.04. The Labute approximate surface area is 144 Å². The maximum absolute atomic E-state index is 12.3. The fourth-order valence-corrected chi connectivity index (χ4v) is 3.00. The van der Waals surface area contributed by atoms with Crippen LogP contribution in [0, 0.1) is 0 Å². The number of ether oxygens (including phenoxy) is 1. The Balaban J connectivity index is 1.76. The first-order chi connectivity index (χ1) is 11.7. The van der Waals surface area contributed by atoms with Crippen molar-refractivity contribution in [3.8, 4) is 5.75 Å². The second-order valence-corrected chi connectivity index (χ2v) is 6.93. The molecule has 0 radical (unpaired) electrons. The van der Waals surface area contributed by atoms with E-state index in [0.29, 0.717) is 6.54 Å². The van der Waals surface area contributed by atoms with Crippen LogP contribution in [0.15, 0.2) is 33.9 Å². The van der Waals surface area contributed by atoms with E-state index in [4.69, 9.17) is 4.74 Å². The van der Waals surface area contributed by atoms with Crippen LogP contribution in [0.5, 0.6) is 5.75 Å². The lowest BCUT2D eigenvalue weighted by molar-refractivity contribution is 0.0940. The van der Waals surface area contributed by atoms with Crippen LogP contribution >= 0.6 is 0 Å². The van der Waals surface area contributed by atoms with Crippen LogP contribution in [0.1, 0.15) is 35.5 Å². The highest BCUT2D eigenvalue weighted by Crippen LogP contribution is 2.35. The zero-order valence-electron chi connectivity index (χ0n) is 14.8. The lowest BCUT2D eigenvalue weighted by Crippen LogP contribution is -2.41. The number of carbonyl (C=O) groups excluding carboxylic acids is 1. The van der Waals surface area contributed by atoms with E-state index >= 15 is 0 Å². The van der Waals surface area contributed by atoms with E-state index in [1.165, 1.54) is 14.1 Å². The van der Waals surface area contributed by atoms with Crippen molar-refractivity contribution < 1.29 is 9.53 Å². The van der Waals surface area contributed by atoms with Crippen molar-refractivity contribution in [1.82, 2.24) is 14.5 Å². The molecule has 7 heteroatoms. The summed E-state index contributed by atoms with van der Waals surface area (Å²) in [5, 5.41) is 2.75. The van der Waals surface area contributed by atoms with Gasteiger partial charge in [-0.1, -0.05) is 12.1 Å². The molecule has 1 aromatic carbocycles. The SMILES string of the molecule is Cn1c(C(=O)NCc2ccc3c(c2)CC(C)(C)O3)cc(=O)n(C)c1=O. The molecule has 1 amide bonds. The zero-order chi connectivity index (χ0) is 18.4. The first kappa shape index (κ1) is 17.0. The number of aromatic nitrogens is 2. The van der Waals surface area contributed by atoms with Crippen LogP contribution in [0.3, 0.4) is 0 Å². The van der Waals surface area contributed by atoms with Gasteiger partial charge in [0.15, 0.2) is 0 Å². The second kappa shape index (κ2) is 5.91. The van der Waals surface area contributed by atoms with Gasteiger partial charge in [-0.25, -0.2) is 4.79 Å². The summed E-state index contributed by atoms with van der Waals surface area (Å²) in [6.45, 7) is 4.37. The molecule has 1 aliphatic heterocycles. The standard InChI is InChI=1S/C18H21N3O4/c1-18(2)9-12-7-11(5-6-14(12)25-18)10-19-16(23)13-8-15(22)21(4)17(24)20(13)3/h5-8H,9-10H2,1-4H3,(H,19,23). The molecule has 132 valence electrons. The van der Waals surface area contributed by atoms with Crippen molar-refractivity contribution in [3.05, 3.63) is 61.9 Å². The third-order valence-corrected chi connectivity index (χ3v) is 4.34. The number of fused-ring (bicyclic) bond motifs is 1. The Morgan fingerprint density at radius 1 is 1.20 bits per heavy atom. The summed E-state index contributed by atoms with van der Waals surface area (Å²) >= 11 is 0. The topological polar surface area (TPSA) is 82.3 Å². The highest BCUT2D eigenvalue weighted by molar-refractivity contribution is 5.92. The van der Waals surface area contributed by atoms with E-state index in [2.05, 4.69) is 5.32 Å². The van der Waals surface area contributed by atoms with Gasteiger partial charge in [-0.15, -0.1) is 0 Å². The summed E-state index contributed by atoms with van der Waals surface area (Å²) in [6, 6.07) is 6.96. The smallest absolute Gasteiger partial charge is 0.331 e. The highest BCUT2D eigenvalue weighted by atomic mass is 16.5. The van der Waals surface area contributed by atoms with Crippen LogP contribution in [0.25, 0.3) is 0 Å². The van der Waals surface area contributed by atoms with Gasteiger partial charge in [0.1, 0.15) is 17.0 Å². The summed E-state index contributed by atoms with van der Waals surface area (Å²) in [6.07, 6.45) is 0.813. The Hall–Kier alpha value is -2.83. The third-order valence-electron chi connectivity index (χ3n) is 4.34. The number of hydrogen-bond donors (Lipinski definition) is 1. The molecule has 0 aliphatic carbocycles. The molecule has 3 rings (SSSR count). The Kier molecular flexibility index (Phi) is 4.02. The predicted molar refractivity (Wildman–Crippen MR) is 92.9 cm³/mol. The molecule has 0 unspecified atom stereocenters. The average molecular weight is 343 g/mol. The summed E-state index contributed by atoms with van der Waals surface area (Å²) in [7, 11) is 2.84. The van der Waals surface area contributed by atoms with E-state index < -0.39 is 17.2 Å². The summed E-state index contributed by atoms with van der Waals surface area (Å²) in [5.74, 6) is 0.406. The molecule has 0 saturated heterocycles. The average Bonchev–Trinajstić information content (AvgIpc) is 2.87. The van der Waals surface area contributed by atoms with E-state index in [1.54, 1.807) is 0 Å². The Morgan fingerprint density at radius 3 is 2.64 bits per heavy atom. The molecule has 7 nitrogen and oxygen atoms in total. The molecule has 1 N–H and O–H groups in total. The van der Waals surface area contributed by atoms with E-state index in [-0.39, 0.29) is 11.3 Å². The number of carbonyl (C=O) groups is 1. The molecule has 2 aromatic rings. The normalized spacial score (nSPS) is 14.7. The number of hydrogen-bond acceptors (Lipinski definition) is 4. The summed E-state index contributed by atoms with van der Waals surface area (Å²) in [4.78, 5) is 36.0. The van der Waals surface area contributed by atoms with Crippen molar-refractivity contribution in [3.63, 3.8) is 0 Å². The second-order valence-electron chi connectivity index (χ2n) is 6.93. The first-order valence-electron chi connectivity index (χ1n) is 8.04. The molecular weight excluding hydrogens is 322 g/mol. The maximum atomic E-state index is 12.3. The molecule has 0 bridgehead atoms. The van der Waals surface area contributed by atoms with Crippen molar-refractivity contribution in [2.75, 3.05) is 0 Å². The van der Waals surface area contributed by atoms with Crippen molar-refractivity contribution >= 4 is 5.91 Å². The van der Waals surface area contributed by atoms with Gasteiger partial charge >= 0.3 is 5.69 Å². The lowest BCUT2D eigenvalue weighted by atomic mass is 10.0. The molecule has 1 aliphatic rings. The molecule has 0 spiro atoms. The van der Waals surface area contributed by atoms with Gasteiger partial charge in [-0.3, -0.25) is 18.7 Å². The number of amides is 1. The number of rotatable bonds is 3. The summed E-state index contributed by atoms with van der Waals surface area (Å²) < 4.78 is 7.95. The minimum absolute atomic E-state index is 0.0405. The zero-order valence-corrected chi connectivity index (χ0v) is 14.8. The minimum Gasteiger partial charge on any atom is -0.487 e. The van der Waals surface area contributed by atoms with Crippen molar-refractivity contribution in [2.24, 2.45) is 14.1 Å². The fourth-order valence-electron chi connectivity index (χ4n) is 3.00. The van der Waals surface area contributed by atoms with Gasteiger partial charge in [-0.05, 0) is 31.0 Å². The van der Waals surface area contributed by atoms with Crippen LogP contribution in [0.2, 0.25) is 0 Å². The minimum atomic E-state index is -0.533. The Morgan fingerprint density at radius 2 is 1.92 bits per heavy atom. The van der Waals surface area contributed by atoms with Gasteiger partial charge in [0.05, 0.1) is 0 Å². The van der Waals surface area contributed by atoms with Crippen LogP contribution in [-0.2, 0) is 27.1 Å². The Bertz CT molecular complexity index is 969. The largest absolute Gasteiger partial charge is 0.487 e. The molecule has 1 aromatic heterocycles. The molecule has 0 atom stereocenters. The van der Waals surface area contributed by atoms with Crippen molar-refractivity contribution in [2.45, 2.75) is 32.4 Å². The van der Waals surface area contributed by atoms with Gasteiger partial charge in [-0.2, -0.15) is 0 Å². The van der Waals surface area contributed by atoms with Gasteiger partial charge in [0.2, 0.25) is 0 Å². The fraction of sp³-hybridized carbons (Fsp3) is 0.389. The third kappa shape index (κ3) is 3.22. The van der Waals surface area contributed by atoms with E-state index in [9.17, 15) is 14.4 Å².